The normalized spacial score (nSPS) is 12.7. The molecule has 0 heterocycles. The first-order chi connectivity index (χ1) is 8.54. The molecule has 0 aliphatic carbocycles. The zero-order valence-electron chi connectivity index (χ0n) is 11.2. The Hall–Kier alpha value is -1.00. The zero-order chi connectivity index (χ0) is 13.5. The van der Waals surface area contributed by atoms with Crippen LogP contribution in [0.3, 0.4) is 0 Å². The van der Waals surface area contributed by atoms with Gasteiger partial charge < -0.3 is 5.11 Å². The molecular formula is C14H21NO2S. The predicted molar refractivity (Wildman–Crippen MR) is 76.2 cm³/mol. The topological polar surface area (TPSA) is 40.5 Å². The Balaban J connectivity index is 2.37. The van der Waals surface area contributed by atoms with E-state index in [1.165, 1.54) is 10.5 Å². The third-order valence-electron chi connectivity index (χ3n) is 2.94. The number of aliphatic carboxylic acids is 1. The largest absolute Gasteiger partial charge is 0.480 e. The van der Waals surface area contributed by atoms with Gasteiger partial charge in [0.05, 0.1) is 0 Å². The van der Waals surface area contributed by atoms with Gasteiger partial charge in [0.25, 0.3) is 0 Å². The van der Waals surface area contributed by atoms with Crippen molar-refractivity contribution in [1.82, 2.24) is 4.90 Å². The number of carboxylic acids is 1. The van der Waals surface area contributed by atoms with E-state index in [-0.39, 0.29) is 6.04 Å². The molecule has 18 heavy (non-hydrogen) atoms. The standard InChI is InChI=1S/C14H21NO2S/c1-4-13(14(16)17)15(3)9-10-18-12-7-5-11(2)6-8-12/h5-8,13H,4,9-10H2,1-3H3,(H,16,17). The van der Waals surface area contributed by atoms with E-state index < -0.39 is 5.97 Å². The van der Waals surface area contributed by atoms with Crippen LogP contribution < -0.4 is 0 Å². The van der Waals surface area contributed by atoms with Crippen molar-refractivity contribution in [2.75, 3.05) is 19.3 Å². The van der Waals surface area contributed by atoms with E-state index >= 15 is 0 Å². The van der Waals surface area contributed by atoms with Gasteiger partial charge in [0, 0.05) is 17.2 Å². The molecule has 0 radical (unpaired) electrons. The van der Waals surface area contributed by atoms with Gasteiger partial charge in [0.1, 0.15) is 6.04 Å². The molecule has 0 fully saturated rings. The third-order valence-corrected chi connectivity index (χ3v) is 3.93. The van der Waals surface area contributed by atoms with E-state index in [9.17, 15) is 4.79 Å². The molecule has 1 atom stereocenters. The van der Waals surface area contributed by atoms with Gasteiger partial charge >= 0.3 is 5.97 Å². The second-order valence-corrected chi connectivity index (χ2v) is 5.57. The average molecular weight is 267 g/mol. The van der Waals surface area contributed by atoms with Gasteiger partial charge in [-0.05, 0) is 32.5 Å². The van der Waals surface area contributed by atoms with E-state index in [0.717, 1.165) is 12.3 Å². The van der Waals surface area contributed by atoms with Crippen molar-refractivity contribution < 1.29 is 9.90 Å². The number of carbonyl (C=O) groups is 1. The van der Waals surface area contributed by atoms with Gasteiger partial charge in [-0.25, -0.2) is 0 Å². The Labute approximate surface area is 113 Å². The molecule has 1 rings (SSSR count). The molecule has 0 bridgehead atoms. The highest BCUT2D eigenvalue weighted by molar-refractivity contribution is 7.99. The lowest BCUT2D eigenvalue weighted by Gasteiger charge is -2.23. The van der Waals surface area contributed by atoms with E-state index in [1.54, 1.807) is 11.8 Å². The summed E-state index contributed by atoms with van der Waals surface area (Å²) >= 11 is 1.76. The van der Waals surface area contributed by atoms with Crippen LogP contribution in [0.1, 0.15) is 18.9 Å². The Kier molecular flexibility index (Phi) is 6.22. The van der Waals surface area contributed by atoms with Crippen LogP contribution in [0.25, 0.3) is 0 Å². The van der Waals surface area contributed by atoms with Gasteiger partial charge in [-0.3, -0.25) is 9.69 Å². The highest BCUT2D eigenvalue weighted by Gasteiger charge is 2.19. The fourth-order valence-corrected chi connectivity index (χ4v) is 2.72. The number of benzene rings is 1. The maximum Gasteiger partial charge on any atom is 0.320 e. The maximum absolute atomic E-state index is 11.0. The highest BCUT2D eigenvalue weighted by Crippen LogP contribution is 2.18. The molecule has 1 N–H and O–H groups in total. The molecule has 0 aromatic heterocycles. The minimum atomic E-state index is -0.736. The van der Waals surface area contributed by atoms with Crippen LogP contribution in [0.4, 0.5) is 0 Å². The lowest BCUT2D eigenvalue weighted by atomic mass is 10.2. The van der Waals surface area contributed by atoms with Gasteiger partial charge in [0.2, 0.25) is 0 Å². The zero-order valence-corrected chi connectivity index (χ0v) is 12.0. The Bertz CT molecular complexity index is 378. The third kappa shape index (κ3) is 4.70. The Morgan fingerprint density at radius 3 is 2.50 bits per heavy atom. The summed E-state index contributed by atoms with van der Waals surface area (Å²) in [6.07, 6.45) is 0.640. The summed E-state index contributed by atoms with van der Waals surface area (Å²) in [6, 6.07) is 8.03. The number of aryl methyl sites for hydroxylation is 1. The summed E-state index contributed by atoms with van der Waals surface area (Å²) < 4.78 is 0. The lowest BCUT2D eigenvalue weighted by Crippen LogP contribution is -2.39. The van der Waals surface area contributed by atoms with Crippen LogP contribution in [0.2, 0.25) is 0 Å². The van der Waals surface area contributed by atoms with Gasteiger partial charge in [0.15, 0.2) is 0 Å². The second kappa shape index (κ2) is 7.44. The molecule has 4 heteroatoms. The molecule has 3 nitrogen and oxygen atoms in total. The molecule has 0 amide bonds. The highest BCUT2D eigenvalue weighted by atomic mass is 32.2. The summed E-state index contributed by atoms with van der Waals surface area (Å²) in [5, 5.41) is 9.04. The fraction of sp³-hybridized carbons (Fsp3) is 0.500. The van der Waals surface area contributed by atoms with Crippen LogP contribution >= 0.6 is 11.8 Å². The van der Waals surface area contributed by atoms with Gasteiger partial charge in [-0.15, -0.1) is 11.8 Å². The molecule has 100 valence electrons. The first-order valence-electron chi connectivity index (χ1n) is 6.17. The number of rotatable bonds is 7. The molecule has 0 aliphatic rings. The van der Waals surface area contributed by atoms with Gasteiger partial charge in [-0.2, -0.15) is 0 Å². The molecule has 1 aromatic carbocycles. The molecule has 0 spiro atoms. The molecule has 0 saturated carbocycles. The number of nitrogens with zero attached hydrogens (tertiary/aromatic N) is 1. The quantitative estimate of drug-likeness (QED) is 0.771. The van der Waals surface area contributed by atoms with E-state index in [1.807, 2.05) is 18.9 Å². The minimum Gasteiger partial charge on any atom is -0.480 e. The van der Waals surface area contributed by atoms with Crippen molar-refractivity contribution >= 4 is 17.7 Å². The molecule has 0 saturated heterocycles. The lowest BCUT2D eigenvalue weighted by molar-refractivity contribution is -0.142. The minimum absolute atomic E-state index is 0.372. The number of hydrogen-bond acceptors (Lipinski definition) is 3. The van der Waals surface area contributed by atoms with Crippen molar-refractivity contribution in [3.63, 3.8) is 0 Å². The molecular weight excluding hydrogens is 246 g/mol. The van der Waals surface area contributed by atoms with Crippen LogP contribution in [-0.4, -0.2) is 41.4 Å². The maximum atomic E-state index is 11.0. The number of likely N-dealkylation sites (N-methyl/N-ethyl adjacent to an activating group) is 1. The van der Waals surface area contributed by atoms with Crippen LogP contribution in [-0.2, 0) is 4.79 Å². The van der Waals surface area contributed by atoms with E-state index in [4.69, 9.17) is 5.11 Å². The van der Waals surface area contributed by atoms with Crippen molar-refractivity contribution in [2.45, 2.75) is 31.2 Å². The van der Waals surface area contributed by atoms with Crippen molar-refractivity contribution in [2.24, 2.45) is 0 Å². The summed E-state index contributed by atoms with van der Waals surface area (Å²) in [5.41, 5.74) is 1.26. The van der Waals surface area contributed by atoms with Crippen LogP contribution in [0.5, 0.6) is 0 Å². The first-order valence-corrected chi connectivity index (χ1v) is 7.15. The number of carboxylic acid groups (broad SMARTS) is 1. The van der Waals surface area contributed by atoms with Crippen LogP contribution in [0, 0.1) is 6.92 Å². The van der Waals surface area contributed by atoms with E-state index in [0.29, 0.717) is 6.42 Å². The van der Waals surface area contributed by atoms with E-state index in [2.05, 4.69) is 31.2 Å². The molecule has 1 unspecified atom stereocenters. The SMILES string of the molecule is CCC(C(=O)O)N(C)CCSc1ccc(C)cc1. The first kappa shape index (κ1) is 15.1. The molecule has 1 aromatic rings. The van der Waals surface area contributed by atoms with Crippen molar-refractivity contribution in [3.8, 4) is 0 Å². The van der Waals surface area contributed by atoms with Crippen molar-refractivity contribution in [1.29, 1.82) is 0 Å². The predicted octanol–water partition coefficient (Wildman–Crippen LogP) is 2.88. The molecule has 0 aliphatic heterocycles. The van der Waals surface area contributed by atoms with Gasteiger partial charge in [-0.1, -0.05) is 24.6 Å². The summed E-state index contributed by atoms with van der Waals surface area (Å²) in [4.78, 5) is 14.1. The summed E-state index contributed by atoms with van der Waals surface area (Å²) in [7, 11) is 1.87. The Morgan fingerprint density at radius 1 is 1.39 bits per heavy atom. The fourth-order valence-electron chi connectivity index (χ4n) is 1.77. The average Bonchev–Trinajstić information content (AvgIpc) is 2.32. The number of thioether (sulfide) groups is 1. The van der Waals surface area contributed by atoms with Crippen LogP contribution in [0.15, 0.2) is 29.2 Å². The number of hydrogen-bond donors (Lipinski definition) is 1. The second-order valence-electron chi connectivity index (χ2n) is 4.40. The Morgan fingerprint density at radius 2 is 2.00 bits per heavy atom. The smallest absolute Gasteiger partial charge is 0.320 e. The monoisotopic (exact) mass is 267 g/mol. The summed E-state index contributed by atoms with van der Waals surface area (Å²) in [6.45, 7) is 4.76. The van der Waals surface area contributed by atoms with Crippen molar-refractivity contribution in [3.05, 3.63) is 29.8 Å². The summed E-state index contributed by atoms with van der Waals surface area (Å²) in [5.74, 6) is 0.170.